The van der Waals surface area contributed by atoms with Gasteiger partial charge in [-0.05, 0) is 68.1 Å². The molecule has 0 atom stereocenters. The van der Waals surface area contributed by atoms with Crippen LogP contribution in [0.3, 0.4) is 0 Å². The lowest BCUT2D eigenvalue weighted by Gasteiger charge is -2.17. The van der Waals surface area contributed by atoms with Crippen LogP contribution in [0, 0.1) is 12.8 Å². The first kappa shape index (κ1) is 26.0. The molecule has 0 amide bonds. The third-order valence-electron chi connectivity index (χ3n) is 5.18. The highest BCUT2D eigenvalue weighted by atomic mass is 16.6. The molecular weight excluding hydrogens is 418 g/mol. The molecule has 0 radical (unpaired) electrons. The van der Waals surface area contributed by atoms with Crippen molar-refractivity contribution in [2.24, 2.45) is 11.8 Å². The molecule has 2 N–H and O–H groups in total. The van der Waals surface area contributed by atoms with E-state index in [1.165, 1.54) is 7.11 Å². The Hall–Kier alpha value is -3.25. The normalized spacial score (nSPS) is 12.0. The molecule has 0 fully saturated rings. The van der Waals surface area contributed by atoms with Gasteiger partial charge in [0, 0.05) is 11.5 Å². The first-order chi connectivity index (χ1) is 15.9. The highest BCUT2D eigenvalue weighted by Gasteiger charge is 2.13. The SMILES string of the molecule is C/C=C\CC/C(COc1ccc(OCc2ccc(C(=O)OC)cc2)c(C)c1)=C(\ON)C(C)C. The standard InChI is InChI=1S/C27H35NO5/c1-6-7-8-9-23(26(33-28)19(2)3)18-31-24-14-15-25(20(4)16-24)32-17-21-10-12-22(13-11-21)27(29)30-5/h6-7,10-16,19H,8-9,17-18,28H2,1-5H3/b7-6-,26-23+. The van der Waals surface area contributed by atoms with Crippen LogP contribution in [0.25, 0.3) is 0 Å². The van der Waals surface area contributed by atoms with E-state index in [0.29, 0.717) is 18.8 Å². The summed E-state index contributed by atoms with van der Waals surface area (Å²) in [5, 5.41) is 0. The van der Waals surface area contributed by atoms with Crippen LogP contribution in [-0.2, 0) is 16.2 Å². The number of methoxy groups -OCH3 is 1. The lowest BCUT2D eigenvalue weighted by atomic mass is 10.0. The predicted octanol–water partition coefficient (Wildman–Crippen LogP) is 5.90. The Morgan fingerprint density at radius 2 is 1.82 bits per heavy atom. The summed E-state index contributed by atoms with van der Waals surface area (Å²) in [6, 6.07) is 12.9. The van der Waals surface area contributed by atoms with Gasteiger partial charge in [-0.2, -0.15) is 5.90 Å². The second kappa shape index (κ2) is 13.3. The molecule has 0 spiro atoms. The third-order valence-corrected chi connectivity index (χ3v) is 5.18. The third kappa shape index (κ3) is 7.99. The van der Waals surface area contributed by atoms with Crippen molar-refractivity contribution in [3.8, 4) is 11.5 Å². The second-order valence-electron chi connectivity index (χ2n) is 8.04. The molecule has 2 aromatic rings. The molecule has 2 rings (SSSR count). The number of ether oxygens (including phenoxy) is 3. The maximum Gasteiger partial charge on any atom is 0.337 e. The molecular formula is C27H35NO5. The first-order valence-electron chi connectivity index (χ1n) is 11.1. The molecule has 6 heteroatoms. The predicted molar refractivity (Wildman–Crippen MR) is 130 cm³/mol. The lowest BCUT2D eigenvalue weighted by molar-refractivity contribution is 0.0600. The van der Waals surface area contributed by atoms with Crippen LogP contribution in [0.5, 0.6) is 11.5 Å². The highest BCUT2D eigenvalue weighted by Crippen LogP contribution is 2.26. The molecule has 0 aromatic heterocycles. The van der Waals surface area contributed by atoms with Gasteiger partial charge in [-0.25, -0.2) is 4.79 Å². The van der Waals surface area contributed by atoms with E-state index in [1.807, 2.05) is 50.3 Å². The topological polar surface area (TPSA) is 80.0 Å². The molecule has 0 unspecified atom stereocenters. The van der Waals surface area contributed by atoms with E-state index < -0.39 is 0 Å². The largest absolute Gasteiger partial charge is 0.489 e. The molecule has 6 nitrogen and oxygen atoms in total. The van der Waals surface area contributed by atoms with Crippen LogP contribution in [0.4, 0.5) is 0 Å². The smallest absolute Gasteiger partial charge is 0.337 e. The Kier molecular flexibility index (Phi) is 10.5. The molecule has 0 aliphatic carbocycles. The number of rotatable bonds is 12. The number of esters is 1. The van der Waals surface area contributed by atoms with Crippen LogP contribution in [0.2, 0.25) is 0 Å². The minimum atomic E-state index is -0.354. The average molecular weight is 454 g/mol. The zero-order valence-electron chi connectivity index (χ0n) is 20.2. The van der Waals surface area contributed by atoms with Gasteiger partial charge in [-0.3, -0.25) is 0 Å². The summed E-state index contributed by atoms with van der Waals surface area (Å²) in [6.45, 7) is 8.90. The fraction of sp³-hybridized carbons (Fsp3) is 0.370. The fourth-order valence-corrected chi connectivity index (χ4v) is 3.38. The van der Waals surface area contributed by atoms with Gasteiger partial charge in [0.25, 0.3) is 0 Å². The molecule has 0 aliphatic rings. The minimum Gasteiger partial charge on any atom is -0.489 e. The molecule has 2 aromatic carbocycles. The summed E-state index contributed by atoms with van der Waals surface area (Å²) in [7, 11) is 1.37. The quantitative estimate of drug-likeness (QED) is 0.187. The Bertz CT molecular complexity index is 961. The van der Waals surface area contributed by atoms with Crippen molar-refractivity contribution in [1.29, 1.82) is 0 Å². The van der Waals surface area contributed by atoms with Gasteiger partial charge in [-0.15, -0.1) is 0 Å². The van der Waals surface area contributed by atoms with Crippen molar-refractivity contribution in [1.82, 2.24) is 0 Å². The summed E-state index contributed by atoms with van der Waals surface area (Å²) in [6.07, 6.45) is 5.88. The number of hydrogen-bond acceptors (Lipinski definition) is 6. The first-order valence-corrected chi connectivity index (χ1v) is 11.1. The van der Waals surface area contributed by atoms with Gasteiger partial charge in [0.1, 0.15) is 30.5 Å². The van der Waals surface area contributed by atoms with Crippen molar-refractivity contribution in [3.05, 3.63) is 82.6 Å². The number of allylic oxidation sites excluding steroid dienone is 3. The van der Waals surface area contributed by atoms with Gasteiger partial charge >= 0.3 is 5.97 Å². The summed E-state index contributed by atoms with van der Waals surface area (Å²) in [5.41, 5.74) is 3.50. The number of nitrogens with two attached hydrogens (primary N) is 1. The maximum atomic E-state index is 11.5. The van der Waals surface area contributed by atoms with Crippen molar-refractivity contribution in [2.75, 3.05) is 13.7 Å². The average Bonchev–Trinajstić information content (AvgIpc) is 2.81. The minimum absolute atomic E-state index is 0.179. The van der Waals surface area contributed by atoms with Gasteiger partial charge in [0.05, 0.1) is 12.7 Å². The summed E-state index contributed by atoms with van der Waals surface area (Å²) < 4.78 is 16.7. The van der Waals surface area contributed by atoms with E-state index in [2.05, 4.69) is 19.9 Å². The summed E-state index contributed by atoms with van der Waals surface area (Å²) in [4.78, 5) is 16.7. The number of hydrogen-bond donors (Lipinski definition) is 1. The molecule has 178 valence electrons. The highest BCUT2D eigenvalue weighted by molar-refractivity contribution is 5.89. The number of aryl methyl sites for hydroxylation is 1. The zero-order valence-corrected chi connectivity index (χ0v) is 20.2. The van der Waals surface area contributed by atoms with E-state index >= 15 is 0 Å². The van der Waals surface area contributed by atoms with E-state index in [4.69, 9.17) is 24.9 Å². The number of carbonyl (C=O) groups excluding carboxylic acids is 1. The maximum absolute atomic E-state index is 11.5. The Morgan fingerprint density at radius 1 is 1.09 bits per heavy atom. The van der Waals surface area contributed by atoms with Crippen LogP contribution in [0.15, 0.2) is 65.9 Å². The van der Waals surface area contributed by atoms with Crippen LogP contribution in [-0.4, -0.2) is 19.7 Å². The molecule has 0 saturated carbocycles. The number of benzene rings is 2. The van der Waals surface area contributed by atoms with E-state index in [0.717, 1.165) is 46.8 Å². The van der Waals surface area contributed by atoms with E-state index in [-0.39, 0.29) is 11.9 Å². The van der Waals surface area contributed by atoms with Gasteiger partial charge < -0.3 is 19.0 Å². The van der Waals surface area contributed by atoms with Gasteiger partial charge in [0.2, 0.25) is 0 Å². The molecule has 0 aliphatic heterocycles. The Balaban J connectivity index is 2.01. The Labute approximate surface area is 196 Å². The molecule has 0 bridgehead atoms. The summed E-state index contributed by atoms with van der Waals surface area (Å²) in [5.74, 6) is 7.66. The van der Waals surface area contributed by atoms with Crippen molar-refractivity contribution >= 4 is 5.97 Å². The van der Waals surface area contributed by atoms with Crippen LogP contribution < -0.4 is 15.4 Å². The lowest BCUT2D eigenvalue weighted by Crippen LogP contribution is -2.13. The molecule has 0 saturated heterocycles. The zero-order chi connectivity index (χ0) is 24.2. The molecule has 33 heavy (non-hydrogen) atoms. The van der Waals surface area contributed by atoms with Crippen molar-refractivity contribution in [2.45, 2.75) is 47.1 Å². The van der Waals surface area contributed by atoms with Crippen molar-refractivity contribution in [3.63, 3.8) is 0 Å². The van der Waals surface area contributed by atoms with Crippen LogP contribution >= 0.6 is 0 Å². The summed E-state index contributed by atoms with van der Waals surface area (Å²) >= 11 is 0. The van der Waals surface area contributed by atoms with E-state index in [1.54, 1.807) is 12.1 Å². The molecule has 0 heterocycles. The monoisotopic (exact) mass is 453 g/mol. The van der Waals surface area contributed by atoms with Crippen LogP contribution in [0.1, 0.15) is 55.1 Å². The van der Waals surface area contributed by atoms with Gasteiger partial charge in [-0.1, -0.05) is 38.1 Å². The van der Waals surface area contributed by atoms with Crippen molar-refractivity contribution < 1.29 is 23.8 Å². The fourth-order valence-electron chi connectivity index (χ4n) is 3.38. The Morgan fingerprint density at radius 3 is 2.39 bits per heavy atom. The van der Waals surface area contributed by atoms with E-state index in [9.17, 15) is 4.79 Å². The second-order valence-corrected chi connectivity index (χ2v) is 8.04. The number of carbonyl (C=O) groups is 1. The van der Waals surface area contributed by atoms with Gasteiger partial charge in [0.15, 0.2) is 0 Å².